The quantitative estimate of drug-likeness (QED) is 0.842. The van der Waals surface area contributed by atoms with E-state index in [1.54, 1.807) is 12.4 Å². The SMILES string of the molecule is O=S(O)Cc1ncc(NC2CCOc3ccccc32)cn1. The molecular formula is C14H15N3O3S. The fourth-order valence-corrected chi connectivity index (χ4v) is 2.68. The Hall–Kier alpha value is -1.99. The Morgan fingerprint density at radius 1 is 1.33 bits per heavy atom. The summed E-state index contributed by atoms with van der Waals surface area (Å²) in [6, 6.07) is 8.08. The summed E-state index contributed by atoms with van der Waals surface area (Å²) in [5.41, 5.74) is 1.90. The van der Waals surface area contributed by atoms with Crippen LogP contribution in [0.25, 0.3) is 0 Å². The van der Waals surface area contributed by atoms with Crippen LogP contribution in [0.4, 0.5) is 5.69 Å². The molecule has 2 unspecified atom stereocenters. The van der Waals surface area contributed by atoms with E-state index < -0.39 is 11.1 Å². The number of para-hydroxylation sites is 1. The van der Waals surface area contributed by atoms with E-state index in [9.17, 15) is 4.21 Å². The predicted molar refractivity (Wildman–Crippen MR) is 79.4 cm³/mol. The van der Waals surface area contributed by atoms with Crippen LogP contribution in [-0.4, -0.2) is 25.3 Å². The van der Waals surface area contributed by atoms with E-state index in [-0.39, 0.29) is 11.8 Å². The van der Waals surface area contributed by atoms with Crippen LogP contribution in [0.5, 0.6) is 5.75 Å². The number of rotatable bonds is 4. The van der Waals surface area contributed by atoms with Gasteiger partial charge in [-0.05, 0) is 6.07 Å². The summed E-state index contributed by atoms with van der Waals surface area (Å²) in [6.45, 7) is 0.664. The first-order valence-electron chi connectivity index (χ1n) is 6.59. The molecule has 0 spiro atoms. The van der Waals surface area contributed by atoms with Crippen LogP contribution in [-0.2, 0) is 16.8 Å². The lowest BCUT2D eigenvalue weighted by Gasteiger charge is -2.27. The predicted octanol–water partition coefficient (Wildman–Crippen LogP) is 2.13. The number of hydrogen-bond donors (Lipinski definition) is 2. The zero-order chi connectivity index (χ0) is 14.7. The monoisotopic (exact) mass is 305 g/mol. The Bertz CT molecular complexity index is 648. The number of nitrogens with one attached hydrogen (secondary N) is 1. The van der Waals surface area contributed by atoms with Crippen molar-refractivity contribution in [2.24, 2.45) is 0 Å². The molecule has 3 rings (SSSR count). The summed E-state index contributed by atoms with van der Waals surface area (Å²) < 4.78 is 25.1. The van der Waals surface area contributed by atoms with Crippen molar-refractivity contribution in [1.82, 2.24) is 9.97 Å². The van der Waals surface area contributed by atoms with Crippen molar-refractivity contribution in [2.45, 2.75) is 18.2 Å². The van der Waals surface area contributed by atoms with Crippen LogP contribution < -0.4 is 10.1 Å². The molecule has 0 bridgehead atoms. The smallest absolute Gasteiger partial charge is 0.160 e. The lowest BCUT2D eigenvalue weighted by Crippen LogP contribution is -2.20. The Morgan fingerprint density at radius 3 is 2.86 bits per heavy atom. The van der Waals surface area contributed by atoms with Crippen LogP contribution in [0.15, 0.2) is 36.7 Å². The van der Waals surface area contributed by atoms with Gasteiger partial charge in [0.1, 0.15) is 17.3 Å². The number of hydrogen-bond acceptors (Lipinski definition) is 5. The first kappa shape index (κ1) is 14.0. The molecule has 1 aromatic carbocycles. The van der Waals surface area contributed by atoms with Gasteiger partial charge in [-0.2, -0.15) is 0 Å². The van der Waals surface area contributed by atoms with Crippen molar-refractivity contribution >= 4 is 16.8 Å². The summed E-state index contributed by atoms with van der Waals surface area (Å²) in [7, 11) is 0. The fourth-order valence-electron chi connectivity index (χ4n) is 2.31. The average Bonchev–Trinajstić information content (AvgIpc) is 2.49. The van der Waals surface area contributed by atoms with E-state index >= 15 is 0 Å². The standard InChI is InChI=1S/C14H15N3O3S/c18-21(19)9-14-15-7-10(8-16-14)17-12-5-6-20-13-4-2-1-3-11(12)13/h1-4,7-8,12,17H,5-6,9H2,(H,18,19). The van der Waals surface area contributed by atoms with Gasteiger partial charge in [-0.15, -0.1) is 0 Å². The van der Waals surface area contributed by atoms with Gasteiger partial charge in [0.2, 0.25) is 0 Å². The summed E-state index contributed by atoms with van der Waals surface area (Å²) >= 11 is -1.92. The van der Waals surface area contributed by atoms with Crippen LogP contribution >= 0.6 is 0 Å². The van der Waals surface area contributed by atoms with Crippen molar-refractivity contribution in [3.63, 3.8) is 0 Å². The van der Waals surface area contributed by atoms with Gasteiger partial charge in [0, 0.05) is 12.0 Å². The number of nitrogens with zero attached hydrogens (tertiary/aromatic N) is 2. The second-order valence-electron chi connectivity index (χ2n) is 4.73. The second kappa shape index (κ2) is 6.19. The molecule has 1 aromatic heterocycles. The number of anilines is 1. The van der Waals surface area contributed by atoms with E-state index in [4.69, 9.17) is 9.29 Å². The molecular weight excluding hydrogens is 290 g/mol. The first-order chi connectivity index (χ1) is 10.2. The molecule has 0 aliphatic carbocycles. The first-order valence-corrected chi connectivity index (χ1v) is 7.86. The molecule has 21 heavy (non-hydrogen) atoms. The molecule has 1 aliphatic heterocycles. The zero-order valence-electron chi connectivity index (χ0n) is 11.2. The minimum atomic E-state index is -1.92. The van der Waals surface area contributed by atoms with Gasteiger partial charge in [0.05, 0.1) is 30.7 Å². The molecule has 6 nitrogen and oxygen atoms in total. The van der Waals surface area contributed by atoms with Gasteiger partial charge in [-0.1, -0.05) is 18.2 Å². The molecule has 2 N–H and O–H groups in total. The second-order valence-corrected chi connectivity index (χ2v) is 5.66. The molecule has 7 heteroatoms. The zero-order valence-corrected chi connectivity index (χ0v) is 12.0. The van der Waals surface area contributed by atoms with E-state index in [0.29, 0.717) is 12.4 Å². The molecule has 1 aliphatic rings. The Kier molecular flexibility index (Phi) is 4.12. The third-order valence-corrected chi connectivity index (χ3v) is 3.76. The average molecular weight is 305 g/mol. The van der Waals surface area contributed by atoms with Crippen molar-refractivity contribution in [2.75, 3.05) is 11.9 Å². The van der Waals surface area contributed by atoms with Crippen molar-refractivity contribution in [1.29, 1.82) is 0 Å². The van der Waals surface area contributed by atoms with E-state index in [2.05, 4.69) is 15.3 Å². The largest absolute Gasteiger partial charge is 0.493 e. The third-order valence-electron chi connectivity index (χ3n) is 3.26. The van der Waals surface area contributed by atoms with Gasteiger partial charge in [0.25, 0.3) is 0 Å². The molecule has 0 amide bonds. The van der Waals surface area contributed by atoms with Crippen LogP contribution in [0.3, 0.4) is 0 Å². The molecule has 0 radical (unpaired) electrons. The Balaban J connectivity index is 1.74. The minimum Gasteiger partial charge on any atom is -0.493 e. The maximum absolute atomic E-state index is 10.7. The molecule has 2 heterocycles. The molecule has 2 atom stereocenters. The van der Waals surface area contributed by atoms with E-state index in [1.165, 1.54) is 0 Å². The lowest BCUT2D eigenvalue weighted by atomic mass is 10.0. The highest BCUT2D eigenvalue weighted by atomic mass is 32.2. The highest BCUT2D eigenvalue weighted by Crippen LogP contribution is 2.33. The summed E-state index contributed by atoms with van der Waals surface area (Å²) in [5.74, 6) is 1.20. The number of fused-ring (bicyclic) bond motifs is 1. The summed E-state index contributed by atoms with van der Waals surface area (Å²) in [5, 5.41) is 3.37. The number of benzene rings is 1. The molecule has 2 aromatic rings. The third kappa shape index (κ3) is 3.37. The van der Waals surface area contributed by atoms with Gasteiger partial charge in [-0.3, -0.25) is 0 Å². The normalized spacial score (nSPS) is 18.4. The maximum atomic E-state index is 10.7. The van der Waals surface area contributed by atoms with Gasteiger partial charge in [-0.25, -0.2) is 14.2 Å². The minimum absolute atomic E-state index is 0.0552. The number of ether oxygens (including phenoxy) is 1. The highest BCUT2D eigenvalue weighted by Gasteiger charge is 2.20. The van der Waals surface area contributed by atoms with E-state index in [0.717, 1.165) is 23.4 Å². The molecule has 110 valence electrons. The van der Waals surface area contributed by atoms with E-state index in [1.807, 2.05) is 24.3 Å². The van der Waals surface area contributed by atoms with Crippen LogP contribution in [0.2, 0.25) is 0 Å². The molecule has 0 saturated heterocycles. The maximum Gasteiger partial charge on any atom is 0.160 e. The highest BCUT2D eigenvalue weighted by molar-refractivity contribution is 7.78. The summed E-state index contributed by atoms with van der Waals surface area (Å²) in [6.07, 6.45) is 4.12. The molecule has 0 fully saturated rings. The fraction of sp³-hybridized carbons (Fsp3) is 0.286. The lowest BCUT2D eigenvalue weighted by molar-refractivity contribution is 0.274. The van der Waals surface area contributed by atoms with Crippen LogP contribution in [0, 0.1) is 0 Å². The van der Waals surface area contributed by atoms with Crippen molar-refractivity contribution in [3.05, 3.63) is 48.0 Å². The number of aromatic nitrogens is 2. The topological polar surface area (TPSA) is 84.3 Å². The Morgan fingerprint density at radius 2 is 2.10 bits per heavy atom. The van der Waals surface area contributed by atoms with Crippen molar-refractivity contribution in [3.8, 4) is 5.75 Å². The van der Waals surface area contributed by atoms with Crippen molar-refractivity contribution < 1.29 is 13.5 Å². The summed E-state index contributed by atoms with van der Waals surface area (Å²) in [4.78, 5) is 8.16. The molecule has 0 saturated carbocycles. The Labute approximate surface area is 124 Å². The van der Waals surface area contributed by atoms with Gasteiger partial charge >= 0.3 is 0 Å². The van der Waals surface area contributed by atoms with Gasteiger partial charge < -0.3 is 14.6 Å². The van der Waals surface area contributed by atoms with Gasteiger partial charge in [0.15, 0.2) is 11.1 Å². The van der Waals surface area contributed by atoms with Crippen LogP contribution in [0.1, 0.15) is 23.9 Å².